The summed E-state index contributed by atoms with van der Waals surface area (Å²) in [6.45, 7) is 4.91. The van der Waals surface area contributed by atoms with E-state index in [0.717, 1.165) is 0 Å². The highest BCUT2D eigenvalue weighted by molar-refractivity contribution is 6.12. The molecule has 0 saturated carbocycles. The highest BCUT2D eigenvalue weighted by Gasteiger charge is 2.48. The van der Waals surface area contributed by atoms with Crippen LogP contribution in [0, 0.1) is 5.41 Å². The summed E-state index contributed by atoms with van der Waals surface area (Å²) in [6.07, 6.45) is 0.438. The van der Waals surface area contributed by atoms with E-state index in [4.69, 9.17) is 4.74 Å². The smallest absolute Gasteiger partial charge is 0.329 e. The number of rotatable bonds is 4. The molecule has 27 heavy (non-hydrogen) atoms. The third-order valence-corrected chi connectivity index (χ3v) is 5.53. The number of carbonyl (C=O) groups excluding carboxylic acids is 3. The number of hydrogen-bond donors (Lipinski definition) is 2. The van der Waals surface area contributed by atoms with Gasteiger partial charge in [-0.05, 0) is 30.7 Å². The van der Waals surface area contributed by atoms with E-state index in [-0.39, 0.29) is 25.0 Å². The molecule has 1 aromatic carbocycles. The first-order valence-corrected chi connectivity index (χ1v) is 8.89. The van der Waals surface area contributed by atoms with E-state index in [0.29, 0.717) is 30.8 Å². The fourth-order valence-electron chi connectivity index (χ4n) is 3.66. The van der Waals surface area contributed by atoms with Gasteiger partial charge in [-0.15, -0.1) is 0 Å². The molecule has 2 aliphatic heterocycles. The van der Waals surface area contributed by atoms with E-state index in [1.165, 1.54) is 4.90 Å². The lowest BCUT2D eigenvalue weighted by atomic mass is 9.70. The van der Waals surface area contributed by atoms with Gasteiger partial charge in [0, 0.05) is 36.9 Å². The fourth-order valence-corrected chi connectivity index (χ4v) is 3.66. The van der Waals surface area contributed by atoms with Gasteiger partial charge in [0.25, 0.3) is 5.91 Å². The molecular formula is C19H25N3O5. The van der Waals surface area contributed by atoms with Crippen molar-refractivity contribution in [1.29, 1.82) is 0 Å². The normalized spacial score (nSPS) is 24.9. The Labute approximate surface area is 158 Å². The van der Waals surface area contributed by atoms with Crippen LogP contribution in [0.15, 0.2) is 24.3 Å². The summed E-state index contributed by atoms with van der Waals surface area (Å²) in [4.78, 5) is 39.0. The second kappa shape index (κ2) is 6.94. The van der Waals surface area contributed by atoms with Crippen LogP contribution >= 0.6 is 0 Å². The summed E-state index contributed by atoms with van der Waals surface area (Å²) < 4.78 is 5.16. The molecule has 2 aliphatic rings. The van der Waals surface area contributed by atoms with Gasteiger partial charge < -0.3 is 14.7 Å². The average molecular weight is 375 g/mol. The van der Waals surface area contributed by atoms with Gasteiger partial charge in [0.05, 0.1) is 12.2 Å². The highest BCUT2D eigenvalue weighted by Crippen LogP contribution is 2.39. The van der Waals surface area contributed by atoms with E-state index in [2.05, 4.69) is 5.32 Å². The quantitative estimate of drug-likeness (QED) is 0.765. The number of piperidine rings is 1. The summed E-state index contributed by atoms with van der Waals surface area (Å²) in [5, 5.41) is 13.1. The van der Waals surface area contributed by atoms with Crippen molar-refractivity contribution in [3.63, 3.8) is 0 Å². The largest absolute Gasteiger partial charge is 0.387 e. The van der Waals surface area contributed by atoms with Gasteiger partial charge >= 0.3 is 6.03 Å². The standard InChI is InChI=1S/C19H25N3O5/c1-18(2)11-21(9-8-19(18,26)12-27-3)16(24)13-4-6-14(7-5-13)22-10-15(23)20-17(22)25/h4-7,26H,8-12H2,1-3H3,(H,20,23,25)/t19-/m1/s1. The molecule has 1 atom stereocenters. The molecule has 0 radical (unpaired) electrons. The van der Waals surface area contributed by atoms with Gasteiger partial charge in [0.2, 0.25) is 5.91 Å². The number of likely N-dealkylation sites (tertiary alicyclic amines) is 1. The Morgan fingerprint density at radius 3 is 2.44 bits per heavy atom. The Bertz CT molecular complexity index is 761. The second-order valence-electron chi connectivity index (χ2n) is 7.81. The van der Waals surface area contributed by atoms with Gasteiger partial charge in [0.15, 0.2) is 0 Å². The fraction of sp³-hybridized carbons (Fsp3) is 0.526. The van der Waals surface area contributed by atoms with Crippen molar-refractivity contribution in [2.75, 3.05) is 38.3 Å². The van der Waals surface area contributed by atoms with Gasteiger partial charge in [-0.3, -0.25) is 19.8 Å². The zero-order valence-electron chi connectivity index (χ0n) is 15.8. The molecule has 146 valence electrons. The summed E-state index contributed by atoms with van der Waals surface area (Å²) >= 11 is 0. The Morgan fingerprint density at radius 1 is 1.26 bits per heavy atom. The molecule has 2 fully saturated rings. The van der Waals surface area contributed by atoms with Gasteiger partial charge in [-0.25, -0.2) is 4.79 Å². The molecule has 3 rings (SSSR count). The topological polar surface area (TPSA) is 99.2 Å². The lowest BCUT2D eigenvalue weighted by Gasteiger charge is -2.49. The zero-order valence-corrected chi connectivity index (χ0v) is 15.8. The monoisotopic (exact) mass is 375 g/mol. The molecule has 8 heteroatoms. The van der Waals surface area contributed by atoms with Crippen LogP contribution in [0.5, 0.6) is 0 Å². The number of nitrogens with one attached hydrogen (secondary N) is 1. The molecule has 0 aliphatic carbocycles. The molecule has 4 amide bonds. The van der Waals surface area contributed by atoms with Crippen LogP contribution in [0.1, 0.15) is 30.6 Å². The SMILES string of the molecule is COC[C@]1(O)CCN(C(=O)c2ccc(N3CC(=O)NC3=O)cc2)CC1(C)C. The van der Waals surface area contributed by atoms with E-state index < -0.39 is 17.0 Å². The molecule has 0 bridgehead atoms. The van der Waals surface area contributed by atoms with Crippen molar-refractivity contribution >= 4 is 23.5 Å². The Hall–Kier alpha value is -2.45. The van der Waals surface area contributed by atoms with Gasteiger partial charge in [0.1, 0.15) is 6.54 Å². The first-order valence-electron chi connectivity index (χ1n) is 8.89. The van der Waals surface area contributed by atoms with Crippen molar-refractivity contribution in [2.24, 2.45) is 5.41 Å². The maximum atomic E-state index is 12.9. The molecule has 0 aromatic heterocycles. The number of amides is 4. The average Bonchev–Trinajstić information content (AvgIpc) is 2.95. The number of hydrogen-bond acceptors (Lipinski definition) is 5. The minimum absolute atomic E-state index is 0.0233. The Balaban J connectivity index is 1.71. The van der Waals surface area contributed by atoms with E-state index in [1.807, 2.05) is 13.8 Å². The zero-order chi connectivity index (χ0) is 19.8. The predicted octanol–water partition coefficient (Wildman–Crippen LogP) is 0.992. The Morgan fingerprint density at radius 2 is 1.93 bits per heavy atom. The second-order valence-corrected chi connectivity index (χ2v) is 7.81. The van der Waals surface area contributed by atoms with Gasteiger partial charge in [-0.1, -0.05) is 13.8 Å². The number of nitrogens with zero attached hydrogens (tertiary/aromatic N) is 2. The third kappa shape index (κ3) is 3.54. The maximum absolute atomic E-state index is 12.9. The number of benzene rings is 1. The third-order valence-electron chi connectivity index (χ3n) is 5.53. The van der Waals surface area contributed by atoms with Crippen LogP contribution in [0.2, 0.25) is 0 Å². The van der Waals surface area contributed by atoms with Crippen LogP contribution in [0.3, 0.4) is 0 Å². The van der Waals surface area contributed by atoms with Crippen LogP contribution in [-0.4, -0.2) is 66.8 Å². The number of carbonyl (C=O) groups is 3. The Kier molecular flexibility index (Phi) is 4.96. The number of anilines is 1. The summed E-state index contributed by atoms with van der Waals surface area (Å²) in [6, 6.07) is 6.14. The highest BCUT2D eigenvalue weighted by atomic mass is 16.5. The lowest BCUT2D eigenvalue weighted by molar-refractivity contribution is -0.144. The first-order chi connectivity index (χ1) is 12.7. The first kappa shape index (κ1) is 19.3. The van der Waals surface area contributed by atoms with Gasteiger partial charge in [-0.2, -0.15) is 0 Å². The lowest BCUT2D eigenvalue weighted by Crippen LogP contribution is -2.60. The minimum Gasteiger partial charge on any atom is -0.387 e. The molecular weight excluding hydrogens is 350 g/mol. The summed E-state index contributed by atoms with van der Waals surface area (Å²) in [7, 11) is 1.56. The molecule has 0 unspecified atom stereocenters. The molecule has 2 N–H and O–H groups in total. The maximum Gasteiger partial charge on any atom is 0.329 e. The number of aliphatic hydroxyl groups is 1. The van der Waals surface area contributed by atoms with Crippen molar-refractivity contribution in [2.45, 2.75) is 25.9 Å². The molecule has 2 heterocycles. The van der Waals surface area contributed by atoms with E-state index >= 15 is 0 Å². The number of urea groups is 1. The summed E-state index contributed by atoms with van der Waals surface area (Å²) in [5.41, 5.74) is -0.427. The van der Waals surface area contributed by atoms with Crippen molar-refractivity contribution in [1.82, 2.24) is 10.2 Å². The predicted molar refractivity (Wildman–Crippen MR) is 98.5 cm³/mol. The van der Waals surface area contributed by atoms with Crippen LogP contribution in [0.25, 0.3) is 0 Å². The van der Waals surface area contributed by atoms with Crippen molar-refractivity contribution in [3.8, 4) is 0 Å². The van der Waals surface area contributed by atoms with Crippen LogP contribution in [-0.2, 0) is 9.53 Å². The minimum atomic E-state index is -0.974. The molecule has 0 spiro atoms. The molecule has 8 nitrogen and oxygen atoms in total. The van der Waals surface area contributed by atoms with Crippen molar-refractivity contribution < 1.29 is 24.2 Å². The summed E-state index contributed by atoms with van der Waals surface area (Å²) in [5.74, 6) is -0.477. The number of ether oxygens (including phenoxy) is 1. The van der Waals surface area contributed by atoms with Crippen LogP contribution in [0.4, 0.5) is 10.5 Å². The molecule has 2 saturated heterocycles. The van der Waals surface area contributed by atoms with Crippen LogP contribution < -0.4 is 10.2 Å². The van der Waals surface area contributed by atoms with E-state index in [1.54, 1.807) is 36.3 Å². The number of methoxy groups -OCH3 is 1. The number of imide groups is 1. The molecule has 1 aromatic rings. The van der Waals surface area contributed by atoms with E-state index in [9.17, 15) is 19.5 Å². The van der Waals surface area contributed by atoms with Crippen molar-refractivity contribution in [3.05, 3.63) is 29.8 Å².